The molecule has 2 aromatic heterocycles. The first-order valence-corrected chi connectivity index (χ1v) is 6.74. The van der Waals surface area contributed by atoms with E-state index in [1.165, 1.54) is 9.75 Å². The van der Waals surface area contributed by atoms with E-state index in [1.54, 1.807) is 22.7 Å². The van der Waals surface area contributed by atoms with Crippen LogP contribution in [0.2, 0.25) is 0 Å². The number of aromatic nitrogens is 1. The van der Waals surface area contributed by atoms with Crippen LogP contribution in [0.25, 0.3) is 9.88 Å². The summed E-state index contributed by atoms with van der Waals surface area (Å²) < 4.78 is 0. The van der Waals surface area contributed by atoms with Crippen LogP contribution in [0.4, 0.5) is 0 Å². The standard InChI is InChI=1S/C10H11NS3/c1-7-2-3-9(14-7)10-11-8(4-5-12)6-13-10/h2-3,6,12H,4-5H2,1H3. The number of nitrogens with zero attached hydrogens (tertiary/aromatic N) is 1. The first-order valence-electron chi connectivity index (χ1n) is 4.41. The minimum atomic E-state index is 0.868. The highest BCUT2D eigenvalue weighted by atomic mass is 32.1. The smallest absolute Gasteiger partial charge is 0.133 e. The van der Waals surface area contributed by atoms with Crippen LogP contribution in [0.5, 0.6) is 0 Å². The van der Waals surface area contributed by atoms with E-state index in [-0.39, 0.29) is 0 Å². The van der Waals surface area contributed by atoms with Crippen molar-refractivity contribution in [2.24, 2.45) is 0 Å². The average molecular weight is 241 g/mol. The van der Waals surface area contributed by atoms with Crippen molar-refractivity contribution >= 4 is 35.3 Å². The zero-order chi connectivity index (χ0) is 9.97. The Morgan fingerprint density at radius 2 is 2.29 bits per heavy atom. The third-order valence-corrected chi connectivity index (χ3v) is 4.16. The highest BCUT2D eigenvalue weighted by Crippen LogP contribution is 2.30. The highest BCUT2D eigenvalue weighted by Gasteiger charge is 2.05. The molecule has 0 amide bonds. The van der Waals surface area contributed by atoms with Gasteiger partial charge in [-0.3, -0.25) is 0 Å². The Kier molecular flexibility index (Phi) is 3.26. The highest BCUT2D eigenvalue weighted by molar-refractivity contribution is 7.80. The van der Waals surface area contributed by atoms with Crippen LogP contribution in [-0.4, -0.2) is 10.7 Å². The van der Waals surface area contributed by atoms with E-state index in [2.05, 4.69) is 42.0 Å². The van der Waals surface area contributed by atoms with Gasteiger partial charge in [-0.1, -0.05) is 0 Å². The minimum Gasteiger partial charge on any atom is -0.240 e. The summed E-state index contributed by atoms with van der Waals surface area (Å²) >= 11 is 7.72. The van der Waals surface area contributed by atoms with Gasteiger partial charge in [0.1, 0.15) is 5.01 Å². The fourth-order valence-electron chi connectivity index (χ4n) is 1.20. The van der Waals surface area contributed by atoms with Crippen molar-refractivity contribution in [2.45, 2.75) is 13.3 Å². The Morgan fingerprint density at radius 3 is 2.93 bits per heavy atom. The molecular formula is C10H11NS3. The van der Waals surface area contributed by atoms with E-state index in [4.69, 9.17) is 0 Å². The largest absolute Gasteiger partial charge is 0.240 e. The molecule has 0 bridgehead atoms. The van der Waals surface area contributed by atoms with Crippen molar-refractivity contribution in [3.05, 3.63) is 28.1 Å². The van der Waals surface area contributed by atoms with Crippen LogP contribution in [0.1, 0.15) is 10.6 Å². The lowest BCUT2D eigenvalue weighted by Gasteiger charge is -1.89. The van der Waals surface area contributed by atoms with Crippen LogP contribution >= 0.6 is 35.3 Å². The Morgan fingerprint density at radius 1 is 1.43 bits per heavy atom. The Labute approximate surface area is 97.2 Å². The Balaban J connectivity index is 2.24. The zero-order valence-corrected chi connectivity index (χ0v) is 10.4. The number of hydrogen-bond donors (Lipinski definition) is 1. The molecule has 0 saturated carbocycles. The number of hydrogen-bond acceptors (Lipinski definition) is 4. The van der Waals surface area contributed by atoms with Crippen molar-refractivity contribution in [2.75, 3.05) is 5.75 Å². The molecule has 0 aromatic carbocycles. The molecule has 4 heteroatoms. The predicted molar refractivity (Wildman–Crippen MR) is 67.7 cm³/mol. The molecule has 0 radical (unpaired) electrons. The molecule has 0 N–H and O–H groups in total. The molecule has 2 rings (SSSR count). The van der Waals surface area contributed by atoms with E-state index < -0.39 is 0 Å². The summed E-state index contributed by atoms with van der Waals surface area (Å²) in [5.74, 6) is 0.868. The summed E-state index contributed by atoms with van der Waals surface area (Å²) in [4.78, 5) is 7.18. The van der Waals surface area contributed by atoms with Gasteiger partial charge < -0.3 is 0 Å². The summed E-state index contributed by atoms with van der Waals surface area (Å²) in [5.41, 5.74) is 1.16. The number of thiol groups is 1. The molecule has 0 atom stereocenters. The molecule has 0 aliphatic carbocycles. The second-order valence-corrected chi connectivity index (χ2v) is 5.62. The van der Waals surface area contributed by atoms with Gasteiger partial charge >= 0.3 is 0 Å². The molecule has 2 aromatic rings. The monoisotopic (exact) mass is 241 g/mol. The number of thiophene rings is 1. The Bertz CT molecular complexity index is 416. The lowest BCUT2D eigenvalue weighted by molar-refractivity contribution is 1.08. The lowest BCUT2D eigenvalue weighted by Crippen LogP contribution is -1.84. The van der Waals surface area contributed by atoms with Crippen molar-refractivity contribution < 1.29 is 0 Å². The van der Waals surface area contributed by atoms with Gasteiger partial charge in [-0.15, -0.1) is 22.7 Å². The summed E-state index contributed by atoms with van der Waals surface area (Å²) in [6.45, 7) is 2.12. The Hall–Kier alpha value is -0.320. The van der Waals surface area contributed by atoms with Gasteiger partial charge in [0.25, 0.3) is 0 Å². The maximum absolute atomic E-state index is 4.56. The fraction of sp³-hybridized carbons (Fsp3) is 0.300. The summed E-state index contributed by atoms with van der Waals surface area (Å²) in [6, 6.07) is 4.28. The van der Waals surface area contributed by atoms with Gasteiger partial charge in [0.2, 0.25) is 0 Å². The third kappa shape index (κ3) is 2.19. The quantitative estimate of drug-likeness (QED) is 0.809. The number of aryl methyl sites for hydroxylation is 2. The van der Waals surface area contributed by atoms with Gasteiger partial charge in [0.05, 0.1) is 10.6 Å². The van der Waals surface area contributed by atoms with Crippen LogP contribution in [0.15, 0.2) is 17.5 Å². The second kappa shape index (κ2) is 4.47. The van der Waals surface area contributed by atoms with Crippen LogP contribution in [-0.2, 0) is 6.42 Å². The SMILES string of the molecule is Cc1ccc(-c2nc(CCS)cs2)s1. The van der Waals surface area contributed by atoms with Crippen molar-refractivity contribution in [3.8, 4) is 9.88 Å². The van der Waals surface area contributed by atoms with Crippen molar-refractivity contribution in [3.63, 3.8) is 0 Å². The minimum absolute atomic E-state index is 0.868. The molecule has 0 spiro atoms. The summed E-state index contributed by atoms with van der Waals surface area (Å²) in [6.07, 6.45) is 0.962. The van der Waals surface area contributed by atoms with Crippen LogP contribution < -0.4 is 0 Å². The second-order valence-electron chi connectivity index (χ2n) is 3.03. The predicted octanol–water partition coefficient (Wildman–Crippen LogP) is 3.65. The summed E-state index contributed by atoms with van der Waals surface area (Å²) in [7, 11) is 0. The maximum Gasteiger partial charge on any atom is 0.133 e. The molecule has 74 valence electrons. The van der Waals surface area contributed by atoms with Crippen LogP contribution in [0.3, 0.4) is 0 Å². The van der Waals surface area contributed by atoms with E-state index in [0.29, 0.717) is 0 Å². The first kappa shape index (κ1) is 10.2. The van der Waals surface area contributed by atoms with Crippen LogP contribution in [0, 0.1) is 6.92 Å². The molecule has 0 fully saturated rings. The van der Waals surface area contributed by atoms with Gasteiger partial charge in [0.15, 0.2) is 0 Å². The van der Waals surface area contributed by atoms with E-state index in [0.717, 1.165) is 22.9 Å². The first-order chi connectivity index (χ1) is 6.79. The number of thiazole rings is 1. The maximum atomic E-state index is 4.56. The van der Waals surface area contributed by atoms with E-state index >= 15 is 0 Å². The zero-order valence-electron chi connectivity index (χ0n) is 7.86. The molecule has 2 heterocycles. The molecule has 0 saturated heterocycles. The topological polar surface area (TPSA) is 12.9 Å². The fourth-order valence-corrected chi connectivity index (χ4v) is 3.22. The van der Waals surface area contributed by atoms with Gasteiger partial charge in [0, 0.05) is 10.3 Å². The van der Waals surface area contributed by atoms with Gasteiger partial charge in [-0.25, -0.2) is 4.98 Å². The molecule has 1 nitrogen and oxygen atoms in total. The molecule has 14 heavy (non-hydrogen) atoms. The molecular weight excluding hydrogens is 230 g/mol. The summed E-state index contributed by atoms with van der Waals surface area (Å²) in [5, 5.41) is 3.26. The molecule has 0 aliphatic heterocycles. The van der Waals surface area contributed by atoms with Crippen molar-refractivity contribution in [1.82, 2.24) is 4.98 Å². The third-order valence-electron chi connectivity index (χ3n) is 1.87. The van der Waals surface area contributed by atoms with Gasteiger partial charge in [-0.2, -0.15) is 12.6 Å². The molecule has 0 unspecified atom stereocenters. The average Bonchev–Trinajstić information content (AvgIpc) is 2.74. The number of rotatable bonds is 3. The van der Waals surface area contributed by atoms with Crippen molar-refractivity contribution in [1.29, 1.82) is 0 Å². The van der Waals surface area contributed by atoms with E-state index in [1.807, 2.05) is 0 Å². The lowest BCUT2D eigenvalue weighted by atomic mass is 10.4. The van der Waals surface area contributed by atoms with E-state index in [9.17, 15) is 0 Å². The molecule has 0 aliphatic rings. The normalized spacial score (nSPS) is 10.7. The van der Waals surface area contributed by atoms with Gasteiger partial charge in [-0.05, 0) is 31.2 Å².